The number of hydrogen-bond acceptors (Lipinski definition) is 3. The highest BCUT2D eigenvalue weighted by atomic mass is 79.9. The van der Waals surface area contributed by atoms with Gasteiger partial charge in [0.25, 0.3) is 5.56 Å². The van der Waals surface area contributed by atoms with E-state index in [-0.39, 0.29) is 24.4 Å². The van der Waals surface area contributed by atoms with E-state index in [0.29, 0.717) is 12.2 Å². The van der Waals surface area contributed by atoms with Gasteiger partial charge in [0.05, 0.1) is 12.2 Å². The lowest BCUT2D eigenvalue weighted by atomic mass is 10.1. The third-order valence-corrected chi connectivity index (χ3v) is 4.70. The van der Waals surface area contributed by atoms with E-state index in [1.807, 2.05) is 55.5 Å². The summed E-state index contributed by atoms with van der Waals surface area (Å²) in [6, 6.07) is 18.9. The predicted molar refractivity (Wildman–Crippen MR) is 109 cm³/mol. The van der Waals surface area contributed by atoms with Gasteiger partial charge in [0.1, 0.15) is 0 Å². The Morgan fingerprint density at radius 2 is 1.74 bits per heavy atom. The second-order valence-corrected chi connectivity index (χ2v) is 7.21. The predicted octanol–water partition coefficient (Wildman–Crippen LogP) is 3.69. The summed E-state index contributed by atoms with van der Waals surface area (Å²) in [5, 5.41) is 7.25. The maximum absolute atomic E-state index is 12.1. The van der Waals surface area contributed by atoms with Crippen LogP contribution in [0.4, 0.5) is 0 Å². The summed E-state index contributed by atoms with van der Waals surface area (Å²) in [4.78, 5) is 24.1. The van der Waals surface area contributed by atoms with E-state index in [1.165, 1.54) is 10.7 Å². The number of carbonyl (C=O) groups is 1. The molecule has 6 heteroatoms. The molecule has 1 N–H and O–H groups in total. The minimum atomic E-state index is -0.216. The van der Waals surface area contributed by atoms with E-state index in [9.17, 15) is 9.59 Å². The number of benzene rings is 2. The van der Waals surface area contributed by atoms with Crippen LogP contribution in [0.5, 0.6) is 0 Å². The van der Waals surface area contributed by atoms with Gasteiger partial charge in [-0.1, -0.05) is 57.9 Å². The van der Waals surface area contributed by atoms with Crippen LogP contribution in [0.2, 0.25) is 0 Å². The van der Waals surface area contributed by atoms with Gasteiger partial charge in [-0.05, 0) is 30.7 Å². The van der Waals surface area contributed by atoms with Crippen molar-refractivity contribution in [3.05, 3.63) is 86.6 Å². The standard InChI is InChI=1S/C21H20BrN3O2/c1-15-2-6-17(7-3-15)19-10-11-21(27)25(24-19)13-12-20(26)23-14-16-4-8-18(22)9-5-16/h2-11H,12-14H2,1H3,(H,23,26). The van der Waals surface area contributed by atoms with Crippen LogP contribution in [0.1, 0.15) is 17.5 Å². The molecule has 0 atom stereocenters. The van der Waals surface area contributed by atoms with Gasteiger partial charge in [-0.25, -0.2) is 4.68 Å². The number of halogens is 1. The highest BCUT2D eigenvalue weighted by Crippen LogP contribution is 2.16. The van der Waals surface area contributed by atoms with Crippen molar-refractivity contribution in [3.8, 4) is 11.3 Å². The Hall–Kier alpha value is -2.73. The molecule has 0 spiro atoms. The summed E-state index contributed by atoms with van der Waals surface area (Å²) in [7, 11) is 0. The number of carbonyl (C=O) groups excluding carboxylic acids is 1. The van der Waals surface area contributed by atoms with Crippen LogP contribution in [0.25, 0.3) is 11.3 Å². The van der Waals surface area contributed by atoms with Crippen molar-refractivity contribution in [1.29, 1.82) is 0 Å². The van der Waals surface area contributed by atoms with Crippen LogP contribution in [-0.2, 0) is 17.9 Å². The molecule has 138 valence electrons. The van der Waals surface area contributed by atoms with Crippen molar-refractivity contribution >= 4 is 21.8 Å². The Kier molecular flexibility index (Phi) is 6.19. The molecule has 1 heterocycles. The topological polar surface area (TPSA) is 64.0 Å². The normalized spacial score (nSPS) is 10.6. The number of rotatable bonds is 6. The zero-order valence-electron chi connectivity index (χ0n) is 15.0. The van der Waals surface area contributed by atoms with E-state index >= 15 is 0 Å². The van der Waals surface area contributed by atoms with Gasteiger partial charge < -0.3 is 5.32 Å². The Labute approximate surface area is 166 Å². The summed E-state index contributed by atoms with van der Waals surface area (Å²) in [5.74, 6) is -0.118. The van der Waals surface area contributed by atoms with Crippen molar-refractivity contribution in [1.82, 2.24) is 15.1 Å². The first-order valence-electron chi connectivity index (χ1n) is 8.67. The number of aromatic nitrogens is 2. The molecule has 5 nitrogen and oxygen atoms in total. The minimum absolute atomic E-state index is 0.118. The molecule has 0 aliphatic carbocycles. The maximum Gasteiger partial charge on any atom is 0.266 e. The number of aryl methyl sites for hydroxylation is 2. The summed E-state index contributed by atoms with van der Waals surface area (Å²) in [6.45, 7) is 2.72. The highest BCUT2D eigenvalue weighted by Gasteiger charge is 2.07. The van der Waals surface area contributed by atoms with E-state index in [4.69, 9.17) is 0 Å². The first-order chi connectivity index (χ1) is 13.0. The molecule has 2 aromatic carbocycles. The lowest BCUT2D eigenvalue weighted by Crippen LogP contribution is -2.28. The molecule has 1 amide bonds. The smallest absolute Gasteiger partial charge is 0.266 e. The van der Waals surface area contributed by atoms with Crippen LogP contribution >= 0.6 is 15.9 Å². The first kappa shape index (κ1) is 19.0. The van der Waals surface area contributed by atoms with Crippen LogP contribution in [0.3, 0.4) is 0 Å². The van der Waals surface area contributed by atoms with Gasteiger partial charge in [0.15, 0.2) is 0 Å². The van der Waals surface area contributed by atoms with Crippen LogP contribution in [0, 0.1) is 6.92 Å². The first-order valence-corrected chi connectivity index (χ1v) is 9.47. The summed E-state index contributed by atoms with van der Waals surface area (Å²) >= 11 is 3.38. The highest BCUT2D eigenvalue weighted by molar-refractivity contribution is 9.10. The van der Waals surface area contributed by atoms with Crippen molar-refractivity contribution in [3.63, 3.8) is 0 Å². The molecule has 0 radical (unpaired) electrons. The molecule has 0 fully saturated rings. The third kappa shape index (κ3) is 5.37. The molecule has 0 aliphatic heterocycles. The SMILES string of the molecule is Cc1ccc(-c2ccc(=O)n(CCC(=O)NCc3ccc(Br)cc3)n2)cc1. The monoisotopic (exact) mass is 425 g/mol. The molecule has 0 saturated carbocycles. The molecule has 0 aliphatic rings. The summed E-state index contributed by atoms with van der Waals surface area (Å²) < 4.78 is 2.34. The number of hydrogen-bond donors (Lipinski definition) is 1. The van der Waals surface area contributed by atoms with Crippen molar-refractivity contribution < 1.29 is 4.79 Å². The molecule has 3 rings (SSSR count). The van der Waals surface area contributed by atoms with E-state index in [2.05, 4.69) is 26.3 Å². The summed E-state index contributed by atoms with van der Waals surface area (Å²) in [6.07, 6.45) is 0.195. The molecule has 3 aromatic rings. The number of amides is 1. The zero-order valence-corrected chi connectivity index (χ0v) is 16.6. The average Bonchev–Trinajstić information content (AvgIpc) is 2.67. The Balaban J connectivity index is 1.60. The molecule has 0 saturated heterocycles. The van der Waals surface area contributed by atoms with E-state index in [1.54, 1.807) is 6.07 Å². The van der Waals surface area contributed by atoms with Gasteiger partial charge in [-0.15, -0.1) is 0 Å². The molecule has 0 bridgehead atoms. The third-order valence-electron chi connectivity index (χ3n) is 4.17. The fraction of sp³-hybridized carbons (Fsp3) is 0.190. The molecular formula is C21H20BrN3O2. The van der Waals surface area contributed by atoms with Crippen LogP contribution in [0.15, 0.2) is 69.9 Å². The Morgan fingerprint density at radius 1 is 1.04 bits per heavy atom. The van der Waals surface area contributed by atoms with Gasteiger partial charge in [0, 0.05) is 29.1 Å². The van der Waals surface area contributed by atoms with Gasteiger partial charge in [-0.3, -0.25) is 9.59 Å². The maximum atomic E-state index is 12.1. The van der Waals surface area contributed by atoms with Crippen LogP contribution in [-0.4, -0.2) is 15.7 Å². The average molecular weight is 426 g/mol. The van der Waals surface area contributed by atoms with Crippen LogP contribution < -0.4 is 10.9 Å². The lowest BCUT2D eigenvalue weighted by Gasteiger charge is -2.08. The number of nitrogens with zero attached hydrogens (tertiary/aromatic N) is 2. The van der Waals surface area contributed by atoms with Gasteiger partial charge in [-0.2, -0.15) is 5.10 Å². The minimum Gasteiger partial charge on any atom is -0.352 e. The van der Waals surface area contributed by atoms with Gasteiger partial charge >= 0.3 is 0 Å². The van der Waals surface area contributed by atoms with Gasteiger partial charge in [0.2, 0.25) is 5.91 Å². The fourth-order valence-corrected chi connectivity index (χ4v) is 2.85. The lowest BCUT2D eigenvalue weighted by molar-refractivity contribution is -0.121. The Bertz CT molecular complexity index is 980. The van der Waals surface area contributed by atoms with Crippen molar-refractivity contribution in [2.24, 2.45) is 0 Å². The van der Waals surface area contributed by atoms with Crippen molar-refractivity contribution in [2.45, 2.75) is 26.4 Å². The zero-order chi connectivity index (χ0) is 19.2. The van der Waals surface area contributed by atoms with E-state index in [0.717, 1.165) is 21.2 Å². The molecule has 0 unspecified atom stereocenters. The second-order valence-electron chi connectivity index (χ2n) is 6.30. The van der Waals surface area contributed by atoms with E-state index < -0.39 is 0 Å². The molecule has 27 heavy (non-hydrogen) atoms. The molecular weight excluding hydrogens is 406 g/mol. The quantitative estimate of drug-likeness (QED) is 0.654. The molecule has 1 aromatic heterocycles. The Morgan fingerprint density at radius 3 is 2.44 bits per heavy atom. The fourth-order valence-electron chi connectivity index (χ4n) is 2.59. The van der Waals surface area contributed by atoms with Crippen molar-refractivity contribution in [2.75, 3.05) is 0 Å². The largest absolute Gasteiger partial charge is 0.352 e. The summed E-state index contributed by atoms with van der Waals surface area (Å²) in [5.41, 5.74) is 3.61. The number of nitrogens with one attached hydrogen (secondary N) is 1. The second kappa shape index (κ2) is 8.77.